The molecule has 0 aromatic carbocycles. The largest absolute Gasteiger partial charge is 0.335 e. The Morgan fingerprint density at radius 2 is 2.24 bits per heavy atom. The van der Waals surface area contributed by atoms with Crippen LogP contribution in [-0.2, 0) is 0 Å². The molecule has 1 aliphatic rings. The fourth-order valence-corrected chi connectivity index (χ4v) is 3.93. The molecule has 0 bridgehead atoms. The van der Waals surface area contributed by atoms with Crippen molar-refractivity contribution in [3.63, 3.8) is 0 Å². The predicted molar refractivity (Wildman–Crippen MR) is 77.7 cm³/mol. The van der Waals surface area contributed by atoms with Gasteiger partial charge in [0.1, 0.15) is 0 Å². The van der Waals surface area contributed by atoms with E-state index in [1.165, 1.54) is 11.3 Å². The molecule has 94 valence electrons. The van der Waals surface area contributed by atoms with Crippen molar-refractivity contribution in [2.45, 2.75) is 19.4 Å². The van der Waals surface area contributed by atoms with Crippen molar-refractivity contribution in [2.24, 2.45) is 0 Å². The van der Waals surface area contributed by atoms with Gasteiger partial charge in [0.25, 0.3) is 5.91 Å². The summed E-state index contributed by atoms with van der Waals surface area (Å²) in [7, 11) is 0. The lowest BCUT2D eigenvalue weighted by Crippen LogP contribution is -2.58. The first-order valence-electron chi connectivity index (χ1n) is 5.38. The highest BCUT2D eigenvalue weighted by Gasteiger charge is 2.29. The smallest absolute Gasteiger partial charge is 0.264 e. The average Bonchev–Trinajstić information content (AvgIpc) is 2.57. The summed E-state index contributed by atoms with van der Waals surface area (Å²) in [6, 6.07) is 1.88. The number of halogens is 2. The first-order chi connectivity index (χ1) is 7.89. The van der Waals surface area contributed by atoms with Crippen LogP contribution in [0.2, 0.25) is 0 Å². The molecule has 17 heavy (non-hydrogen) atoms. The van der Waals surface area contributed by atoms with Crippen molar-refractivity contribution in [3.05, 3.63) is 19.2 Å². The van der Waals surface area contributed by atoms with Gasteiger partial charge in [-0.05, 0) is 51.8 Å². The number of nitrogens with zero attached hydrogens (tertiary/aromatic N) is 1. The maximum atomic E-state index is 12.3. The van der Waals surface area contributed by atoms with E-state index in [9.17, 15) is 4.79 Å². The Hall–Kier alpha value is 0.0900. The van der Waals surface area contributed by atoms with Gasteiger partial charge in [-0.15, -0.1) is 11.3 Å². The third-order valence-electron chi connectivity index (χ3n) is 2.71. The maximum absolute atomic E-state index is 12.3. The highest BCUT2D eigenvalue weighted by molar-refractivity contribution is 9.13. The molecule has 1 fully saturated rings. The van der Waals surface area contributed by atoms with Gasteiger partial charge in [0.05, 0.1) is 8.66 Å². The molecule has 0 spiro atoms. The topological polar surface area (TPSA) is 32.3 Å². The van der Waals surface area contributed by atoms with Crippen molar-refractivity contribution in [1.29, 1.82) is 0 Å². The van der Waals surface area contributed by atoms with E-state index in [1.54, 1.807) is 0 Å². The van der Waals surface area contributed by atoms with Crippen LogP contribution in [0.4, 0.5) is 0 Å². The molecule has 2 rings (SSSR count). The molecule has 0 unspecified atom stereocenters. The monoisotopic (exact) mass is 380 g/mol. The number of thiophene rings is 1. The van der Waals surface area contributed by atoms with Crippen molar-refractivity contribution in [1.82, 2.24) is 10.2 Å². The number of carbonyl (C=O) groups is 1. The second kappa shape index (κ2) is 4.99. The molecule has 1 aromatic rings. The molecule has 1 amide bonds. The van der Waals surface area contributed by atoms with Crippen molar-refractivity contribution < 1.29 is 4.79 Å². The fourth-order valence-electron chi connectivity index (χ4n) is 1.92. The Kier molecular flexibility index (Phi) is 3.97. The van der Waals surface area contributed by atoms with E-state index >= 15 is 0 Å². The summed E-state index contributed by atoms with van der Waals surface area (Å²) in [6.45, 7) is 6.61. The normalized spacial score (nSPS) is 19.4. The molecule has 0 radical (unpaired) electrons. The van der Waals surface area contributed by atoms with Gasteiger partial charge in [-0.2, -0.15) is 0 Å². The second-order valence-corrected chi connectivity index (χ2v) is 7.99. The van der Waals surface area contributed by atoms with Gasteiger partial charge in [-0.1, -0.05) is 0 Å². The highest BCUT2D eigenvalue weighted by atomic mass is 79.9. The van der Waals surface area contributed by atoms with Crippen LogP contribution in [0.1, 0.15) is 23.5 Å². The minimum atomic E-state index is -0.000363. The van der Waals surface area contributed by atoms with Crippen molar-refractivity contribution >= 4 is 49.1 Å². The fraction of sp³-hybridized carbons (Fsp3) is 0.545. The van der Waals surface area contributed by atoms with Gasteiger partial charge in [0.15, 0.2) is 0 Å². The molecule has 6 heteroatoms. The minimum Gasteiger partial charge on any atom is -0.335 e. The SMILES string of the molecule is CC1(C)CN(C(=O)c2cc(Br)c(Br)s2)CCN1. The third-order valence-corrected chi connectivity index (χ3v) is 5.96. The molecule has 1 N–H and O–H groups in total. The zero-order chi connectivity index (χ0) is 12.6. The van der Waals surface area contributed by atoms with E-state index in [0.717, 1.165) is 32.8 Å². The molecule has 1 aromatic heterocycles. The van der Waals surface area contributed by atoms with Gasteiger partial charge in [-0.25, -0.2) is 0 Å². The number of rotatable bonds is 1. The van der Waals surface area contributed by atoms with Crippen molar-refractivity contribution in [3.8, 4) is 0 Å². The van der Waals surface area contributed by atoms with Gasteiger partial charge in [-0.3, -0.25) is 4.79 Å². The molecular formula is C11H14Br2N2OS. The zero-order valence-corrected chi connectivity index (χ0v) is 13.7. The molecule has 1 saturated heterocycles. The van der Waals surface area contributed by atoms with Gasteiger partial charge >= 0.3 is 0 Å². The van der Waals surface area contributed by atoms with E-state index < -0.39 is 0 Å². The van der Waals surface area contributed by atoms with Crippen LogP contribution >= 0.6 is 43.2 Å². The van der Waals surface area contributed by atoms with E-state index in [1.807, 2.05) is 11.0 Å². The molecule has 0 aliphatic carbocycles. The number of hydrogen-bond acceptors (Lipinski definition) is 3. The van der Waals surface area contributed by atoms with E-state index in [-0.39, 0.29) is 11.4 Å². The van der Waals surface area contributed by atoms with Gasteiger partial charge < -0.3 is 10.2 Å². The number of amides is 1. The summed E-state index contributed by atoms with van der Waals surface area (Å²) < 4.78 is 1.91. The van der Waals surface area contributed by atoms with E-state index in [0.29, 0.717) is 0 Å². The Bertz CT molecular complexity index is 425. The lowest BCUT2D eigenvalue weighted by Gasteiger charge is -2.38. The summed E-state index contributed by atoms with van der Waals surface area (Å²) in [4.78, 5) is 15.0. The van der Waals surface area contributed by atoms with E-state index in [2.05, 4.69) is 51.0 Å². The third kappa shape index (κ3) is 3.10. The molecule has 3 nitrogen and oxygen atoms in total. The van der Waals surface area contributed by atoms with Crippen LogP contribution < -0.4 is 5.32 Å². The first kappa shape index (κ1) is 13.5. The van der Waals surface area contributed by atoms with Crippen LogP contribution in [0.3, 0.4) is 0 Å². The standard InChI is InChI=1S/C11H14Br2N2OS/c1-11(2)6-15(4-3-14-11)10(16)8-5-7(12)9(13)17-8/h5,14H,3-4,6H2,1-2H3. The Labute approximate surface area is 122 Å². The molecule has 1 aliphatic heterocycles. The summed E-state index contributed by atoms with van der Waals surface area (Å²) in [6.07, 6.45) is 0. The average molecular weight is 382 g/mol. The molecule has 0 atom stereocenters. The Balaban J connectivity index is 2.15. The second-order valence-electron chi connectivity index (χ2n) is 4.77. The Morgan fingerprint density at radius 1 is 1.53 bits per heavy atom. The lowest BCUT2D eigenvalue weighted by atomic mass is 10.0. The number of nitrogens with one attached hydrogen (secondary N) is 1. The predicted octanol–water partition coefficient (Wildman–Crippen LogP) is 3.10. The first-order valence-corrected chi connectivity index (χ1v) is 7.78. The summed E-state index contributed by atoms with van der Waals surface area (Å²) >= 11 is 8.31. The minimum absolute atomic E-state index is 0.000363. The van der Waals surface area contributed by atoms with Gasteiger partial charge in [0, 0.05) is 29.6 Å². The number of piperazine rings is 1. The van der Waals surface area contributed by atoms with Crippen LogP contribution in [0, 0.1) is 0 Å². The Morgan fingerprint density at radius 3 is 2.76 bits per heavy atom. The lowest BCUT2D eigenvalue weighted by molar-refractivity contribution is 0.0657. The molecular weight excluding hydrogens is 368 g/mol. The summed E-state index contributed by atoms with van der Waals surface area (Å²) in [5.41, 5.74) is -0.000363. The number of hydrogen-bond donors (Lipinski definition) is 1. The molecule has 2 heterocycles. The quantitative estimate of drug-likeness (QED) is 0.810. The van der Waals surface area contributed by atoms with Crippen molar-refractivity contribution in [2.75, 3.05) is 19.6 Å². The molecule has 0 saturated carbocycles. The highest BCUT2D eigenvalue weighted by Crippen LogP contribution is 2.33. The van der Waals surface area contributed by atoms with E-state index in [4.69, 9.17) is 0 Å². The summed E-state index contributed by atoms with van der Waals surface area (Å²) in [5.74, 6) is 0.121. The summed E-state index contributed by atoms with van der Waals surface area (Å²) in [5, 5.41) is 3.40. The van der Waals surface area contributed by atoms with Crippen LogP contribution in [-0.4, -0.2) is 36.0 Å². The van der Waals surface area contributed by atoms with Gasteiger partial charge in [0.2, 0.25) is 0 Å². The van der Waals surface area contributed by atoms with Crippen LogP contribution in [0.25, 0.3) is 0 Å². The van der Waals surface area contributed by atoms with Crippen LogP contribution in [0.5, 0.6) is 0 Å². The van der Waals surface area contributed by atoms with Crippen LogP contribution in [0.15, 0.2) is 14.3 Å². The number of carbonyl (C=O) groups excluding carboxylic acids is 1. The maximum Gasteiger partial charge on any atom is 0.264 e. The zero-order valence-electron chi connectivity index (χ0n) is 9.72.